The molecule has 0 aromatic carbocycles. The molecule has 2 aromatic heterocycles. The van der Waals surface area contributed by atoms with Gasteiger partial charge in [-0.25, -0.2) is 9.97 Å². The summed E-state index contributed by atoms with van der Waals surface area (Å²) in [5.41, 5.74) is 0. The third-order valence-electron chi connectivity index (χ3n) is 1.39. The van der Waals surface area contributed by atoms with Gasteiger partial charge in [0.05, 0.1) is 6.54 Å². The van der Waals surface area contributed by atoms with E-state index in [4.69, 9.17) is 0 Å². The highest BCUT2D eigenvalue weighted by molar-refractivity contribution is 7.13. The largest absolute Gasteiger partial charge is 0.354 e. The third kappa shape index (κ3) is 1.62. The minimum absolute atomic E-state index is 0.695. The number of aromatic nitrogens is 3. The van der Waals surface area contributed by atoms with Crippen molar-refractivity contribution in [2.24, 2.45) is 0 Å². The molecule has 0 unspecified atom stereocenters. The fourth-order valence-electron chi connectivity index (χ4n) is 0.865. The van der Waals surface area contributed by atoms with E-state index in [1.54, 1.807) is 29.9 Å². The number of nitrogens with zero attached hydrogens (tertiary/aromatic N) is 2. The molecule has 0 saturated heterocycles. The van der Waals surface area contributed by atoms with E-state index in [9.17, 15) is 0 Å². The molecule has 0 spiro atoms. The smallest absolute Gasteiger partial charge is 0.182 e. The minimum Gasteiger partial charge on any atom is -0.354 e. The van der Waals surface area contributed by atoms with Crippen molar-refractivity contribution in [1.29, 1.82) is 0 Å². The second kappa shape index (κ2) is 3.36. The van der Waals surface area contributed by atoms with Gasteiger partial charge in [-0.05, 0) is 0 Å². The van der Waals surface area contributed by atoms with Crippen molar-refractivity contribution in [1.82, 2.24) is 15.0 Å². The zero-order chi connectivity index (χ0) is 8.23. The summed E-state index contributed by atoms with van der Waals surface area (Å²) < 4.78 is 0. The summed E-state index contributed by atoms with van der Waals surface area (Å²) in [4.78, 5) is 11.2. The second-order valence-corrected chi connectivity index (χ2v) is 3.12. The first-order chi connectivity index (χ1) is 5.95. The van der Waals surface area contributed by atoms with Crippen LogP contribution in [0.1, 0.15) is 5.82 Å². The summed E-state index contributed by atoms with van der Waals surface area (Å²) in [6.07, 6.45) is 5.31. The Bertz CT molecular complexity index is 279. The van der Waals surface area contributed by atoms with E-state index in [0.717, 1.165) is 11.0 Å². The Morgan fingerprint density at radius 1 is 1.42 bits per heavy atom. The van der Waals surface area contributed by atoms with E-state index in [1.165, 1.54) is 0 Å². The van der Waals surface area contributed by atoms with Gasteiger partial charge in [0.1, 0.15) is 5.82 Å². The molecule has 0 amide bonds. The molecule has 0 radical (unpaired) electrons. The SMILES string of the molecule is c1c[nH]c(CNc2nccs2)n1. The summed E-state index contributed by atoms with van der Waals surface area (Å²) >= 11 is 1.58. The highest BCUT2D eigenvalue weighted by atomic mass is 32.1. The summed E-state index contributed by atoms with van der Waals surface area (Å²) in [6, 6.07) is 0. The first-order valence-corrected chi connectivity index (χ1v) is 4.45. The van der Waals surface area contributed by atoms with Gasteiger partial charge < -0.3 is 10.3 Å². The molecular weight excluding hydrogens is 172 g/mol. The van der Waals surface area contributed by atoms with Crippen molar-refractivity contribution in [3.8, 4) is 0 Å². The number of anilines is 1. The van der Waals surface area contributed by atoms with E-state index in [-0.39, 0.29) is 0 Å². The van der Waals surface area contributed by atoms with Crippen LogP contribution in [0.4, 0.5) is 5.13 Å². The van der Waals surface area contributed by atoms with Crippen molar-refractivity contribution >= 4 is 16.5 Å². The number of hydrogen-bond acceptors (Lipinski definition) is 4. The van der Waals surface area contributed by atoms with Gasteiger partial charge in [0.25, 0.3) is 0 Å². The van der Waals surface area contributed by atoms with Crippen molar-refractivity contribution in [2.75, 3.05) is 5.32 Å². The van der Waals surface area contributed by atoms with Crippen LogP contribution >= 0.6 is 11.3 Å². The van der Waals surface area contributed by atoms with Gasteiger partial charge in [-0.3, -0.25) is 0 Å². The lowest BCUT2D eigenvalue weighted by atomic mass is 10.6. The monoisotopic (exact) mass is 180 g/mol. The van der Waals surface area contributed by atoms with Crippen molar-refractivity contribution < 1.29 is 0 Å². The molecule has 2 rings (SSSR count). The Balaban J connectivity index is 1.91. The minimum atomic E-state index is 0.695. The van der Waals surface area contributed by atoms with Crippen LogP contribution in [0.2, 0.25) is 0 Å². The summed E-state index contributed by atoms with van der Waals surface area (Å²) in [7, 11) is 0. The van der Waals surface area contributed by atoms with E-state index in [2.05, 4.69) is 20.3 Å². The number of hydrogen-bond donors (Lipinski definition) is 2. The fourth-order valence-corrected chi connectivity index (χ4v) is 1.39. The molecule has 0 saturated carbocycles. The average molecular weight is 180 g/mol. The first kappa shape index (κ1) is 7.30. The van der Waals surface area contributed by atoms with Gasteiger partial charge in [-0.1, -0.05) is 0 Å². The molecule has 0 aliphatic carbocycles. The molecule has 0 aliphatic rings. The topological polar surface area (TPSA) is 53.6 Å². The molecule has 12 heavy (non-hydrogen) atoms. The molecular formula is C7H8N4S. The Morgan fingerprint density at radius 3 is 3.08 bits per heavy atom. The van der Waals surface area contributed by atoms with E-state index in [1.807, 2.05) is 5.38 Å². The Labute approximate surface area is 73.7 Å². The molecule has 0 fully saturated rings. The Hall–Kier alpha value is -1.36. The van der Waals surface area contributed by atoms with Crippen molar-refractivity contribution in [3.05, 3.63) is 29.8 Å². The summed E-state index contributed by atoms with van der Waals surface area (Å²) in [6.45, 7) is 0.695. The van der Waals surface area contributed by atoms with Crippen LogP contribution in [0.5, 0.6) is 0 Å². The Kier molecular flexibility index (Phi) is 2.04. The van der Waals surface area contributed by atoms with E-state index >= 15 is 0 Å². The van der Waals surface area contributed by atoms with Gasteiger partial charge in [-0.15, -0.1) is 11.3 Å². The standard InChI is InChI=1S/C7H8N4S/c1-2-9-6(8-1)5-11-7-10-3-4-12-7/h1-4H,5H2,(H,8,9)(H,10,11). The number of H-pyrrole nitrogens is 1. The van der Waals surface area contributed by atoms with Crippen molar-refractivity contribution in [3.63, 3.8) is 0 Å². The molecule has 2 aromatic rings. The zero-order valence-electron chi connectivity index (χ0n) is 6.32. The summed E-state index contributed by atoms with van der Waals surface area (Å²) in [5.74, 6) is 0.921. The molecule has 0 aliphatic heterocycles. The quantitative estimate of drug-likeness (QED) is 0.752. The van der Waals surface area contributed by atoms with Gasteiger partial charge in [-0.2, -0.15) is 0 Å². The molecule has 4 nitrogen and oxygen atoms in total. The van der Waals surface area contributed by atoms with Crippen LogP contribution in [0, 0.1) is 0 Å². The molecule has 2 heterocycles. The normalized spacial score (nSPS) is 10.0. The van der Waals surface area contributed by atoms with Crippen molar-refractivity contribution in [2.45, 2.75) is 6.54 Å². The number of nitrogens with one attached hydrogen (secondary N) is 2. The van der Waals surface area contributed by atoms with Gasteiger partial charge >= 0.3 is 0 Å². The van der Waals surface area contributed by atoms with Crippen LogP contribution in [0.3, 0.4) is 0 Å². The molecule has 2 N–H and O–H groups in total. The van der Waals surface area contributed by atoms with Crippen LogP contribution in [0.15, 0.2) is 24.0 Å². The molecule has 0 bridgehead atoms. The van der Waals surface area contributed by atoms with Gasteiger partial charge in [0.15, 0.2) is 5.13 Å². The Morgan fingerprint density at radius 2 is 2.42 bits per heavy atom. The van der Waals surface area contributed by atoms with Crippen LogP contribution < -0.4 is 5.32 Å². The number of thiazole rings is 1. The predicted octanol–water partition coefficient (Wildman–Crippen LogP) is 1.48. The maximum Gasteiger partial charge on any atom is 0.182 e. The fraction of sp³-hybridized carbons (Fsp3) is 0.143. The maximum atomic E-state index is 4.08. The highest BCUT2D eigenvalue weighted by Crippen LogP contribution is 2.10. The third-order valence-corrected chi connectivity index (χ3v) is 2.13. The van der Waals surface area contributed by atoms with Crippen LogP contribution in [-0.4, -0.2) is 15.0 Å². The van der Waals surface area contributed by atoms with E-state index < -0.39 is 0 Å². The van der Waals surface area contributed by atoms with Gasteiger partial charge in [0, 0.05) is 24.0 Å². The van der Waals surface area contributed by atoms with Crippen LogP contribution in [0.25, 0.3) is 0 Å². The van der Waals surface area contributed by atoms with Crippen LogP contribution in [-0.2, 0) is 6.54 Å². The van der Waals surface area contributed by atoms with E-state index in [0.29, 0.717) is 6.54 Å². The zero-order valence-corrected chi connectivity index (χ0v) is 7.14. The highest BCUT2D eigenvalue weighted by Gasteiger charge is 1.95. The molecule has 5 heteroatoms. The van der Waals surface area contributed by atoms with Gasteiger partial charge in [0.2, 0.25) is 0 Å². The lowest BCUT2D eigenvalue weighted by molar-refractivity contribution is 0.996. The second-order valence-electron chi connectivity index (χ2n) is 2.23. The number of rotatable bonds is 3. The average Bonchev–Trinajstić information content (AvgIpc) is 2.74. The summed E-state index contributed by atoms with van der Waals surface area (Å²) in [5, 5.41) is 6.00. The lowest BCUT2D eigenvalue weighted by Crippen LogP contribution is -2.00. The number of aromatic amines is 1. The number of imidazole rings is 1. The molecule has 62 valence electrons. The maximum absolute atomic E-state index is 4.08. The first-order valence-electron chi connectivity index (χ1n) is 3.57. The lowest BCUT2D eigenvalue weighted by Gasteiger charge is -1.97. The molecule has 0 atom stereocenters. The predicted molar refractivity (Wildman–Crippen MR) is 48.0 cm³/mol.